The van der Waals surface area contributed by atoms with Crippen molar-refractivity contribution in [3.8, 4) is 6.07 Å². The van der Waals surface area contributed by atoms with E-state index >= 15 is 0 Å². The zero-order valence-corrected chi connectivity index (χ0v) is 18.3. The van der Waals surface area contributed by atoms with E-state index in [1.54, 1.807) is 37.1 Å². The number of hydrogen-bond acceptors (Lipinski definition) is 5. The number of nitriles is 1. The quantitative estimate of drug-likeness (QED) is 0.512. The van der Waals surface area contributed by atoms with Crippen LogP contribution in [0.15, 0.2) is 36.5 Å². The van der Waals surface area contributed by atoms with Crippen LogP contribution in [0.2, 0.25) is 0 Å². The van der Waals surface area contributed by atoms with Crippen LogP contribution in [0.1, 0.15) is 43.5 Å². The van der Waals surface area contributed by atoms with Crippen LogP contribution >= 0.6 is 12.2 Å². The Labute approximate surface area is 188 Å². The van der Waals surface area contributed by atoms with Crippen molar-refractivity contribution in [3.63, 3.8) is 0 Å². The van der Waals surface area contributed by atoms with Crippen molar-refractivity contribution >= 4 is 34.6 Å². The van der Waals surface area contributed by atoms with E-state index in [1.807, 2.05) is 0 Å². The second kappa shape index (κ2) is 8.84. The van der Waals surface area contributed by atoms with Gasteiger partial charge in [-0.05, 0) is 75.7 Å². The molecular weight excluding hydrogens is 441 g/mol. The molecule has 3 rings (SSSR count). The minimum Gasteiger partial charge on any atom is -0.396 e. The number of carbonyl (C=O) groups is 1. The molecule has 0 saturated carbocycles. The Kier molecular flexibility index (Phi) is 6.53. The molecule has 0 radical (unpaired) electrons. The molecule has 0 spiro atoms. The highest BCUT2D eigenvalue weighted by Gasteiger charge is 2.50. The molecule has 1 saturated heterocycles. The van der Waals surface area contributed by atoms with Crippen LogP contribution in [0.25, 0.3) is 0 Å². The number of pyridine rings is 1. The summed E-state index contributed by atoms with van der Waals surface area (Å²) in [4.78, 5) is 20.2. The number of rotatable bonds is 6. The first-order valence-electron chi connectivity index (χ1n) is 9.88. The molecule has 0 bridgehead atoms. The topological polar surface area (TPSA) is 80.5 Å². The molecule has 6 nitrogen and oxygen atoms in total. The second-order valence-electron chi connectivity index (χ2n) is 7.85. The summed E-state index contributed by atoms with van der Waals surface area (Å²) in [6.45, 7) is 3.37. The SMILES string of the molecule is CC1(C)C(=O)N(c2ccc(C#N)c(C(F)(F)F)c2)C(=S)N1c1ccc(CCCCO)nc1. The maximum absolute atomic E-state index is 13.4. The van der Waals surface area contributed by atoms with Gasteiger partial charge in [-0.25, -0.2) is 0 Å². The van der Waals surface area contributed by atoms with Gasteiger partial charge in [-0.2, -0.15) is 18.4 Å². The number of thiocarbonyl (C=S) groups is 1. The van der Waals surface area contributed by atoms with E-state index in [0.29, 0.717) is 18.5 Å². The maximum Gasteiger partial charge on any atom is 0.417 e. The fraction of sp³-hybridized carbons (Fsp3) is 0.364. The van der Waals surface area contributed by atoms with E-state index in [-0.39, 0.29) is 17.4 Å². The zero-order valence-electron chi connectivity index (χ0n) is 17.5. The molecule has 0 unspecified atom stereocenters. The number of benzene rings is 1. The summed E-state index contributed by atoms with van der Waals surface area (Å²) < 4.78 is 40.3. The molecule has 1 aliphatic rings. The van der Waals surface area contributed by atoms with Crippen LogP contribution in [0, 0.1) is 11.3 Å². The molecule has 168 valence electrons. The fourth-order valence-electron chi connectivity index (χ4n) is 3.57. The van der Waals surface area contributed by atoms with Crippen LogP contribution in [0.4, 0.5) is 24.5 Å². The van der Waals surface area contributed by atoms with Gasteiger partial charge in [-0.1, -0.05) is 0 Å². The van der Waals surface area contributed by atoms with Gasteiger partial charge in [-0.3, -0.25) is 14.7 Å². The number of halogens is 3. The predicted molar refractivity (Wildman–Crippen MR) is 117 cm³/mol. The van der Waals surface area contributed by atoms with Crippen LogP contribution in [0.5, 0.6) is 0 Å². The van der Waals surface area contributed by atoms with Crippen LogP contribution in [-0.2, 0) is 17.4 Å². The van der Waals surface area contributed by atoms with Crippen molar-refractivity contribution < 1.29 is 23.1 Å². The molecule has 1 aromatic carbocycles. The molecule has 10 heteroatoms. The minimum absolute atomic E-state index is 0.0210. The van der Waals surface area contributed by atoms with Gasteiger partial charge in [0.05, 0.1) is 34.8 Å². The number of anilines is 2. The minimum atomic E-state index is -4.75. The van der Waals surface area contributed by atoms with Crippen LogP contribution in [-0.4, -0.2) is 33.3 Å². The molecule has 1 fully saturated rings. The fourth-order valence-corrected chi connectivity index (χ4v) is 4.10. The maximum atomic E-state index is 13.4. The largest absolute Gasteiger partial charge is 0.417 e. The van der Waals surface area contributed by atoms with Gasteiger partial charge in [0.25, 0.3) is 5.91 Å². The van der Waals surface area contributed by atoms with Gasteiger partial charge < -0.3 is 10.0 Å². The zero-order chi connectivity index (χ0) is 23.7. The van der Waals surface area contributed by atoms with Gasteiger partial charge in [0, 0.05) is 12.3 Å². The van der Waals surface area contributed by atoms with Crippen LogP contribution in [0.3, 0.4) is 0 Å². The lowest BCUT2D eigenvalue weighted by Gasteiger charge is -2.29. The van der Waals surface area contributed by atoms with Crippen molar-refractivity contribution in [2.75, 3.05) is 16.4 Å². The normalized spacial score (nSPS) is 15.9. The summed E-state index contributed by atoms with van der Waals surface area (Å²) in [6, 6.07) is 8.16. The van der Waals surface area contributed by atoms with Crippen molar-refractivity contribution in [3.05, 3.63) is 53.3 Å². The number of alkyl halides is 3. The molecular formula is C22H21F3N4O2S. The average molecular weight is 462 g/mol. The third kappa shape index (κ3) is 4.31. The highest BCUT2D eigenvalue weighted by Crippen LogP contribution is 2.39. The molecule has 1 N–H and O–H groups in total. The monoisotopic (exact) mass is 462 g/mol. The highest BCUT2D eigenvalue weighted by molar-refractivity contribution is 7.81. The van der Waals surface area contributed by atoms with E-state index < -0.39 is 28.7 Å². The molecule has 32 heavy (non-hydrogen) atoms. The number of unbranched alkanes of at least 4 members (excludes halogenated alkanes) is 1. The standard InChI is InChI=1S/C22H21F3N4O2S/c1-21(2)19(31)28(16-8-6-14(12-26)18(11-16)22(23,24)25)20(32)29(21)17-9-7-15(27-13-17)5-3-4-10-30/h6-9,11,13,30H,3-5,10H2,1-2H3. The number of aromatic nitrogens is 1. The summed E-state index contributed by atoms with van der Waals surface area (Å²) in [7, 11) is 0. The smallest absolute Gasteiger partial charge is 0.396 e. The number of aliphatic hydroxyl groups is 1. The third-order valence-electron chi connectivity index (χ3n) is 5.26. The lowest BCUT2D eigenvalue weighted by molar-refractivity contribution is -0.137. The van der Waals surface area contributed by atoms with Crippen LogP contribution < -0.4 is 9.80 Å². The molecule has 2 aromatic rings. The Morgan fingerprint density at radius 3 is 2.44 bits per heavy atom. The molecule has 0 atom stereocenters. The summed E-state index contributed by atoms with van der Waals surface area (Å²) in [5.41, 5.74) is -1.53. The Morgan fingerprint density at radius 2 is 1.88 bits per heavy atom. The summed E-state index contributed by atoms with van der Waals surface area (Å²) in [6.07, 6.45) is -1.05. The first kappa shape index (κ1) is 23.6. The van der Waals surface area contributed by atoms with Gasteiger partial charge in [-0.15, -0.1) is 0 Å². The Morgan fingerprint density at radius 1 is 1.19 bits per heavy atom. The van der Waals surface area contributed by atoms with Crippen molar-refractivity contribution in [1.82, 2.24) is 4.98 Å². The summed E-state index contributed by atoms with van der Waals surface area (Å²) >= 11 is 5.50. The molecule has 1 aromatic heterocycles. The number of nitrogens with zero attached hydrogens (tertiary/aromatic N) is 4. The number of hydrogen-bond donors (Lipinski definition) is 1. The van der Waals surface area contributed by atoms with E-state index in [9.17, 15) is 18.0 Å². The molecule has 2 heterocycles. The van der Waals surface area contributed by atoms with Gasteiger partial charge in [0.2, 0.25) is 0 Å². The Balaban J connectivity index is 1.96. The lowest BCUT2D eigenvalue weighted by Crippen LogP contribution is -2.44. The number of amides is 1. The number of aliphatic hydroxyl groups excluding tert-OH is 1. The Bertz CT molecular complexity index is 1080. The molecule has 1 aliphatic heterocycles. The highest BCUT2D eigenvalue weighted by atomic mass is 32.1. The molecule has 1 amide bonds. The lowest BCUT2D eigenvalue weighted by atomic mass is 10.0. The third-order valence-corrected chi connectivity index (χ3v) is 5.63. The number of carbonyl (C=O) groups excluding carboxylic acids is 1. The summed E-state index contributed by atoms with van der Waals surface area (Å²) in [5.74, 6) is -0.493. The van der Waals surface area contributed by atoms with E-state index in [1.165, 1.54) is 12.1 Å². The second-order valence-corrected chi connectivity index (χ2v) is 8.21. The van der Waals surface area contributed by atoms with Gasteiger partial charge in [0.15, 0.2) is 5.11 Å². The van der Waals surface area contributed by atoms with Crippen molar-refractivity contribution in [2.24, 2.45) is 0 Å². The van der Waals surface area contributed by atoms with Gasteiger partial charge >= 0.3 is 6.18 Å². The Hall–Kier alpha value is -3.03. The predicted octanol–water partition coefficient (Wildman–Crippen LogP) is 4.20. The van der Waals surface area contributed by atoms with Crippen molar-refractivity contribution in [1.29, 1.82) is 5.26 Å². The van der Waals surface area contributed by atoms with Gasteiger partial charge in [0.1, 0.15) is 5.54 Å². The van der Waals surface area contributed by atoms with E-state index in [0.717, 1.165) is 29.1 Å². The van der Waals surface area contributed by atoms with E-state index in [2.05, 4.69) is 4.98 Å². The first-order valence-corrected chi connectivity index (χ1v) is 10.3. The van der Waals surface area contributed by atoms with Crippen molar-refractivity contribution in [2.45, 2.75) is 44.8 Å². The molecule has 0 aliphatic carbocycles. The van der Waals surface area contributed by atoms with E-state index in [4.69, 9.17) is 22.6 Å². The number of aryl methyl sites for hydroxylation is 1. The first-order chi connectivity index (χ1) is 15.0. The summed E-state index contributed by atoms with van der Waals surface area (Å²) in [5, 5.41) is 17.9. The average Bonchev–Trinajstić information content (AvgIpc) is 2.92.